The molecule has 218 valence electrons. The van der Waals surface area contributed by atoms with Gasteiger partial charge in [0, 0.05) is 45.1 Å². The zero-order valence-electron chi connectivity index (χ0n) is 24.4. The van der Waals surface area contributed by atoms with E-state index in [0.717, 1.165) is 49.7 Å². The molecule has 2 aliphatic rings. The van der Waals surface area contributed by atoms with Crippen LogP contribution in [0.3, 0.4) is 0 Å². The highest BCUT2D eigenvalue weighted by Crippen LogP contribution is 2.37. The van der Waals surface area contributed by atoms with Gasteiger partial charge in [-0.3, -0.25) is 9.69 Å². The summed E-state index contributed by atoms with van der Waals surface area (Å²) in [6.07, 6.45) is 15.4. The van der Waals surface area contributed by atoms with Crippen molar-refractivity contribution in [3.63, 3.8) is 0 Å². The highest BCUT2D eigenvalue weighted by molar-refractivity contribution is 5.76. The zero-order chi connectivity index (χ0) is 28.4. The molecule has 2 aromatic carbocycles. The first-order valence-electron chi connectivity index (χ1n) is 15.3. The van der Waals surface area contributed by atoms with Crippen LogP contribution in [0, 0.1) is 5.92 Å². The number of H-pyrrole nitrogens is 1. The monoisotopic (exact) mass is 555 g/mol. The second-order valence-electron chi connectivity index (χ2n) is 11.7. The van der Waals surface area contributed by atoms with Crippen molar-refractivity contribution in [1.82, 2.24) is 9.88 Å². The van der Waals surface area contributed by atoms with Crippen LogP contribution in [0.4, 0.5) is 0 Å². The lowest BCUT2D eigenvalue weighted by Crippen LogP contribution is -2.34. The van der Waals surface area contributed by atoms with Gasteiger partial charge in [-0.2, -0.15) is 0 Å². The Kier molecular flexibility index (Phi) is 10.3. The summed E-state index contributed by atoms with van der Waals surface area (Å²) in [7, 11) is 1.79. The van der Waals surface area contributed by atoms with Gasteiger partial charge in [0.05, 0.1) is 19.1 Å². The minimum absolute atomic E-state index is 0.128. The normalized spacial score (nSPS) is 17.9. The van der Waals surface area contributed by atoms with E-state index in [9.17, 15) is 4.79 Å². The molecule has 1 unspecified atom stereocenters. The van der Waals surface area contributed by atoms with Crippen LogP contribution in [-0.2, 0) is 28.9 Å². The second-order valence-corrected chi connectivity index (χ2v) is 11.7. The van der Waals surface area contributed by atoms with Gasteiger partial charge in [0.1, 0.15) is 5.75 Å². The minimum Gasteiger partial charge on any atom is -0.494 e. The number of benzene rings is 2. The number of primary amides is 1. The fraction of sp³-hybridized carbons (Fsp3) is 0.457. The lowest BCUT2D eigenvalue weighted by atomic mass is 9.76. The Bertz CT molecular complexity index is 1280. The third-order valence-electron chi connectivity index (χ3n) is 8.76. The minimum atomic E-state index is -0.331. The predicted molar refractivity (Wildman–Crippen MR) is 165 cm³/mol. The predicted octanol–water partition coefficient (Wildman–Crippen LogP) is 6.26. The number of methoxy groups -OCH3 is 1. The second kappa shape index (κ2) is 14.5. The molecule has 0 spiro atoms. The Morgan fingerprint density at radius 2 is 1.93 bits per heavy atom. The molecule has 1 saturated carbocycles. The molecule has 3 aromatic rings. The van der Waals surface area contributed by atoms with Gasteiger partial charge in [-0.25, -0.2) is 0 Å². The number of hydrogen-bond acceptors (Lipinski definition) is 4. The van der Waals surface area contributed by atoms with E-state index in [1.54, 1.807) is 7.11 Å². The molecular weight excluding hydrogens is 510 g/mol. The Labute approximate surface area is 244 Å². The van der Waals surface area contributed by atoms with E-state index < -0.39 is 0 Å². The summed E-state index contributed by atoms with van der Waals surface area (Å²) in [4.78, 5) is 17.5. The van der Waals surface area contributed by atoms with E-state index in [0.29, 0.717) is 12.5 Å². The van der Waals surface area contributed by atoms with Gasteiger partial charge in [0.2, 0.25) is 5.91 Å². The van der Waals surface area contributed by atoms with Crippen molar-refractivity contribution >= 4 is 12.0 Å². The fourth-order valence-electron chi connectivity index (χ4n) is 6.62. The molecule has 2 aliphatic carbocycles. The molecule has 5 rings (SSSR count). The Morgan fingerprint density at radius 3 is 2.71 bits per heavy atom. The highest BCUT2D eigenvalue weighted by atomic mass is 16.5. The Balaban J connectivity index is 1.30. The summed E-state index contributed by atoms with van der Waals surface area (Å²) in [6, 6.07) is 18.9. The molecule has 3 N–H and O–H groups in total. The van der Waals surface area contributed by atoms with Crippen molar-refractivity contribution in [3.05, 3.63) is 94.8 Å². The fourth-order valence-corrected chi connectivity index (χ4v) is 6.62. The molecule has 0 aliphatic heterocycles. The van der Waals surface area contributed by atoms with Crippen molar-refractivity contribution in [2.45, 2.75) is 69.9 Å². The van der Waals surface area contributed by atoms with Crippen LogP contribution in [0.25, 0.3) is 6.08 Å². The standard InChI is InChI=1S/C35H45N3O3/c1-40-30-16-17-34-32(22-30)29(23-37-34)24-38(18-9-19-41-31-15-8-10-26(20-31)21-35(36)39)25-33(27-11-4-2-5-12-27)28-13-6-3-7-14-28/h2,4-5,8,10-12,15-17,20,23,28,30,33,37H,3,6-7,9,13-14,18-19,21-22,24-25H2,1H3,(H2,36,39)/t30-,33?/m1/s1. The van der Waals surface area contributed by atoms with Crippen LogP contribution < -0.4 is 10.5 Å². The number of nitrogens with zero attached hydrogens (tertiary/aromatic N) is 1. The number of hydrogen-bond donors (Lipinski definition) is 2. The van der Waals surface area contributed by atoms with Crippen molar-refractivity contribution in [2.24, 2.45) is 11.7 Å². The molecule has 41 heavy (non-hydrogen) atoms. The van der Waals surface area contributed by atoms with Crippen LogP contribution in [0.1, 0.15) is 72.4 Å². The van der Waals surface area contributed by atoms with E-state index >= 15 is 0 Å². The summed E-state index contributed by atoms with van der Waals surface area (Å²) in [6.45, 7) is 3.50. The van der Waals surface area contributed by atoms with Crippen LogP contribution in [-0.4, -0.2) is 48.7 Å². The summed E-state index contributed by atoms with van der Waals surface area (Å²) in [5, 5.41) is 0. The molecule has 1 heterocycles. The maximum Gasteiger partial charge on any atom is 0.221 e. The lowest BCUT2D eigenvalue weighted by molar-refractivity contribution is -0.117. The van der Waals surface area contributed by atoms with Gasteiger partial charge in [0.25, 0.3) is 0 Å². The summed E-state index contributed by atoms with van der Waals surface area (Å²) < 4.78 is 11.8. The number of aromatic amines is 1. The van der Waals surface area contributed by atoms with Crippen LogP contribution in [0.2, 0.25) is 0 Å². The maximum absolute atomic E-state index is 11.3. The molecule has 1 amide bonds. The number of ether oxygens (including phenoxy) is 2. The van der Waals surface area contributed by atoms with Crippen LogP contribution in [0.5, 0.6) is 5.75 Å². The molecule has 1 aromatic heterocycles. The highest BCUT2D eigenvalue weighted by Gasteiger charge is 2.28. The SMILES string of the molecule is CO[C@@H]1C=Cc2[nH]cc(CN(CCCOc3cccc(CC(N)=O)c3)CC(c3ccccc3)C3CCCCC3)c2C1. The van der Waals surface area contributed by atoms with Crippen molar-refractivity contribution in [2.75, 3.05) is 26.8 Å². The number of rotatable bonds is 14. The summed E-state index contributed by atoms with van der Waals surface area (Å²) >= 11 is 0. The number of aromatic nitrogens is 1. The van der Waals surface area contributed by atoms with Gasteiger partial charge in [-0.15, -0.1) is 0 Å². The van der Waals surface area contributed by atoms with E-state index in [2.05, 4.69) is 58.6 Å². The van der Waals surface area contributed by atoms with E-state index in [4.69, 9.17) is 15.2 Å². The Morgan fingerprint density at radius 1 is 1.10 bits per heavy atom. The molecule has 6 nitrogen and oxygen atoms in total. The largest absolute Gasteiger partial charge is 0.494 e. The number of nitrogens with one attached hydrogen (secondary N) is 1. The van der Waals surface area contributed by atoms with E-state index in [1.165, 1.54) is 54.5 Å². The third-order valence-corrected chi connectivity index (χ3v) is 8.76. The first-order chi connectivity index (χ1) is 20.1. The molecule has 1 fully saturated rings. The first kappa shape index (κ1) is 29.2. The lowest BCUT2D eigenvalue weighted by Gasteiger charge is -2.35. The molecule has 0 saturated heterocycles. The van der Waals surface area contributed by atoms with Gasteiger partial charge < -0.3 is 20.2 Å². The smallest absolute Gasteiger partial charge is 0.221 e. The van der Waals surface area contributed by atoms with Crippen LogP contribution in [0.15, 0.2) is 66.9 Å². The zero-order valence-corrected chi connectivity index (χ0v) is 24.4. The maximum atomic E-state index is 11.3. The average Bonchev–Trinajstić information content (AvgIpc) is 3.40. The van der Waals surface area contributed by atoms with Gasteiger partial charge in [0.15, 0.2) is 0 Å². The topological polar surface area (TPSA) is 80.6 Å². The van der Waals surface area contributed by atoms with E-state index in [-0.39, 0.29) is 18.4 Å². The average molecular weight is 556 g/mol. The third kappa shape index (κ3) is 8.11. The summed E-state index contributed by atoms with van der Waals surface area (Å²) in [5.74, 6) is 1.70. The number of nitrogens with two attached hydrogens (primary N) is 1. The van der Waals surface area contributed by atoms with Crippen molar-refractivity contribution in [3.8, 4) is 5.75 Å². The van der Waals surface area contributed by atoms with E-state index in [1.807, 2.05) is 24.3 Å². The molecule has 0 radical (unpaired) electrons. The van der Waals surface area contributed by atoms with Gasteiger partial charge >= 0.3 is 0 Å². The molecule has 6 heteroatoms. The number of carbonyl (C=O) groups excluding carboxylic acids is 1. The first-order valence-corrected chi connectivity index (χ1v) is 15.3. The van der Waals surface area contributed by atoms with Gasteiger partial charge in [-0.05, 0) is 71.6 Å². The quantitative estimate of drug-likeness (QED) is 0.230. The Hall–Kier alpha value is -3.35. The van der Waals surface area contributed by atoms with Crippen LogP contribution >= 0.6 is 0 Å². The number of amides is 1. The van der Waals surface area contributed by atoms with Gasteiger partial charge in [-0.1, -0.05) is 67.8 Å². The number of fused-ring (bicyclic) bond motifs is 1. The number of carbonyl (C=O) groups is 1. The molecule has 2 atom stereocenters. The van der Waals surface area contributed by atoms with Crippen molar-refractivity contribution < 1.29 is 14.3 Å². The molecule has 0 bridgehead atoms. The summed E-state index contributed by atoms with van der Waals surface area (Å²) in [5.41, 5.74) is 11.7. The van der Waals surface area contributed by atoms with Crippen molar-refractivity contribution in [1.29, 1.82) is 0 Å². The molecular formula is C35H45N3O3.